The van der Waals surface area contributed by atoms with Gasteiger partial charge in [0.1, 0.15) is 10.8 Å². The molecular formula is C12H15FN2S. The van der Waals surface area contributed by atoms with E-state index in [-0.39, 0.29) is 10.8 Å². The van der Waals surface area contributed by atoms with E-state index < -0.39 is 0 Å². The number of thiocarbonyl (C=S) groups is 1. The maximum Gasteiger partial charge on any atom is 0.124 e. The first-order valence-electron chi connectivity index (χ1n) is 5.50. The summed E-state index contributed by atoms with van der Waals surface area (Å²) in [5.41, 5.74) is 6.97. The van der Waals surface area contributed by atoms with Gasteiger partial charge in [0.25, 0.3) is 0 Å². The van der Waals surface area contributed by atoms with Gasteiger partial charge in [-0.1, -0.05) is 25.1 Å². The lowest BCUT2D eigenvalue weighted by atomic mass is 10.1. The van der Waals surface area contributed by atoms with E-state index in [1.807, 2.05) is 0 Å². The van der Waals surface area contributed by atoms with Crippen LogP contribution in [0.5, 0.6) is 0 Å². The van der Waals surface area contributed by atoms with Crippen molar-refractivity contribution in [2.24, 2.45) is 11.7 Å². The van der Waals surface area contributed by atoms with Crippen molar-refractivity contribution in [1.29, 1.82) is 0 Å². The van der Waals surface area contributed by atoms with E-state index in [0.29, 0.717) is 5.56 Å². The lowest BCUT2D eigenvalue weighted by Crippen LogP contribution is -2.14. The van der Waals surface area contributed by atoms with Crippen molar-refractivity contribution in [3.8, 4) is 0 Å². The first-order chi connectivity index (χ1) is 7.66. The number of anilines is 1. The van der Waals surface area contributed by atoms with Crippen molar-refractivity contribution in [2.75, 3.05) is 11.9 Å². The molecule has 3 N–H and O–H groups in total. The summed E-state index contributed by atoms with van der Waals surface area (Å²) in [7, 11) is 0. The molecule has 86 valence electrons. The SMILES string of the molecule is NC(=S)c1cc(F)ccc1NCCC1CC1. The zero-order valence-electron chi connectivity index (χ0n) is 9.00. The van der Waals surface area contributed by atoms with Gasteiger partial charge in [-0.25, -0.2) is 4.39 Å². The average Bonchev–Trinajstić information content (AvgIpc) is 3.04. The summed E-state index contributed by atoms with van der Waals surface area (Å²) in [6, 6.07) is 4.49. The fourth-order valence-electron chi connectivity index (χ4n) is 1.69. The van der Waals surface area contributed by atoms with Crippen molar-refractivity contribution in [1.82, 2.24) is 0 Å². The van der Waals surface area contributed by atoms with Gasteiger partial charge < -0.3 is 11.1 Å². The summed E-state index contributed by atoms with van der Waals surface area (Å²) >= 11 is 4.89. The highest BCUT2D eigenvalue weighted by molar-refractivity contribution is 7.80. The molecule has 4 heteroatoms. The van der Waals surface area contributed by atoms with Crippen LogP contribution in [0, 0.1) is 11.7 Å². The van der Waals surface area contributed by atoms with E-state index in [2.05, 4.69) is 5.32 Å². The lowest BCUT2D eigenvalue weighted by Gasteiger charge is -2.10. The number of rotatable bonds is 5. The predicted molar refractivity (Wildman–Crippen MR) is 68.1 cm³/mol. The van der Waals surface area contributed by atoms with Gasteiger partial charge in [-0.15, -0.1) is 0 Å². The van der Waals surface area contributed by atoms with Gasteiger partial charge in [-0.3, -0.25) is 0 Å². The molecule has 0 amide bonds. The molecule has 0 spiro atoms. The van der Waals surface area contributed by atoms with Crippen LogP contribution in [0.3, 0.4) is 0 Å². The Morgan fingerprint density at radius 2 is 2.25 bits per heavy atom. The fraction of sp³-hybridized carbons (Fsp3) is 0.417. The van der Waals surface area contributed by atoms with Crippen molar-refractivity contribution >= 4 is 22.9 Å². The second-order valence-electron chi connectivity index (χ2n) is 4.21. The number of benzene rings is 1. The third-order valence-electron chi connectivity index (χ3n) is 2.81. The van der Waals surface area contributed by atoms with Gasteiger partial charge >= 0.3 is 0 Å². The highest BCUT2D eigenvalue weighted by Crippen LogP contribution is 2.32. The minimum atomic E-state index is -0.310. The highest BCUT2D eigenvalue weighted by Gasteiger charge is 2.20. The number of halogens is 1. The molecule has 1 saturated carbocycles. The van der Waals surface area contributed by atoms with Crippen molar-refractivity contribution in [2.45, 2.75) is 19.3 Å². The number of nitrogens with one attached hydrogen (secondary N) is 1. The molecule has 1 aliphatic rings. The Morgan fingerprint density at radius 1 is 1.50 bits per heavy atom. The van der Waals surface area contributed by atoms with E-state index in [1.54, 1.807) is 6.07 Å². The molecule has 0 aliphatic heterocycles. The van der Waals surface area contributed by atoms with E-state index in [4.69, 9.17) is 18.0 Å². The van der Waals surface area contributed by atoms with Gasteiger partial charge in [-0.2, -0.15) is 0 Å². The monoisotopic (exact) mass is 238 g/mol. The second kappa shape index (κ2) is 4.78. The number of hydrogen-bond acceptors (Lipinski definition) is 2. The van der Waals surface area contributed by atoms with Gasteiger partial charge in [0.15, 0.2) is 0 Å². The zero-order valence-corrected chi connectivity index (χ0v) is 9.82. The molecule has 2 rings (SSSR count). The largest absolute Gasteiger partial charge is 0.389 e. The Hall–Kier alpha value is -1.16. The third-order valence-corrected chi connectivity index (χ3v) is 3.03. The Morgan fingerprint density at radius 3 is 2.88 bits per heavy atom. The molecule has 1 fully saturated rings. The standard InChI is InChI=1S/C12H15FN2S/c13-9-3-4-11(10(7-9)12(14)16)15-6-5-8-1-2-8/h3-4,7-8,15H,1-2,5-6H2,(H2,14,16). The van der Waals surface area contributed by atoms with Crippen LogP contribution >= 0.6 is 12.2 Å². The Kier molecular flexibility index (Phi) is 3.39. The summed E-state index contributed by atoms with van der Waals surface area (Å²) in [5.74, 6) is 0.566. The molecule has 16 heavy (non-hydrogen) atoms. The highest BCUT2D eigenvalue weighted by atomic mass is 32.1. The maximum absolute atomic E-state index is 13.0. The van der Waals surface area contributed by atoms with Gasteiger partial charge in [-0.05, 0) is 30.5 Å². The fourth-order valence-corrected chi connectivity index (χ4v) is 1.86. The van der Waals surface area contributed by atoms with Crippen LogP contribution in [0.4, 0.5) is 10.1 Å². The van der Waals surface area contributed by atoms with Crippen LogP contribution in [-0.4, -0.2) is 11.5 Å². The van der Waals surface area contributed by atoms with Gasteiger partial charge in [0.05, 0.1) is 0 Å². The van der Waals surface area contributed by atoms with Crippen LogP contribution in [0.25, 0.3) is 0 Å². The van der Waals surface area contributed by atoms with Gasteiger partial charge in [0, 0.05) is 17.8 Å². The molecular weight excluding hydrogens is 223 g/mol. The minimum absolute atomic E-state index is 0.230. The summed E-state index contributed by atoms with van der Waals surface area (Å²) in [6.45, 7) is 0.895. The normalized spacial score (nSPS) is 14.8. The molecule has 0 heterocycles. The summed E-state index contributed by atoms with van der Waals surface area (Å²) < 4.78 is 13.0. The molecule has 0 radical (unpaired) electrons. The molecule has 0 saturated heterocycles. The summed E-state index contributed by atoms with van der Waals surface area (Å²) in [6.07, 6.45) is 3.84. The van der Waals surface area contributed by atoms with Crippen LogP contribution in [-0.2, 0) is 0 Å². The minimum Gasteiger partial charge on any atom is -0.389 e. The van der Waals surface area contributed by atoms with E-state index in [9.17, 15) is 4.39 Å². The van der Waals surface area contributed by atoms with E-state index >= 15 is 0 Å². The van der Waals surface area contributed by atoms with Crippen molar-refractivity contribution in [3.05, 3.63) is 29.6 Å². The zero-order chi connectivity index (χ0) is 11.5. The molecule has 1 aromatic carbocycles. The first-order valence-corrected chi connectivity index (χ1v) is 5.91. The first kappa shape index (κ1) is 11.3. The van der Waals surface area contributed by atoms with Crippen LogP contribution in [0.2, 0.25) is 0 Å². The molecule has 0 bridgehead atoms. The lowest BCUT2D eigenvalue weighted by molar-refractivity contribution is 0.627. The van der Waals surface area contributed by atoms with Crippen LogP contribution in [0.1, 0.15) is 24.8 Å². The summed E-state index contributed by atoms with van der Waals surface area (Å²) in [4.78, 5) is 0.230. The predicted octanol–water partition coefficient (Wildman–Crippen LogP) is 2.67. The van der Waals surface area contributed by atoms with Crippen molar-refractivity contribution in [3.63, 3.8) is 0 Å². The summed E-state index contributed by atoms with van der Waals surface area (Å²) in [5, 5.41) is 3.26. The average molecular weight is 238 g/mol. The van der Waals surface area contributed by atoms with E-state index in [0.717, 1.165) is 24.6 Å². The third kappa shape index (κ3) is 2.92. The Labute approximate surface area is 100 Å². The molecule has 1 aromatic rings. The quantitative estimate of drug-likeness (QED) is 0.775. The Balaban J connectivity index is 2.02. The smallest absolute Gasteiger partial charge is 0.124 e. The maximum atomic E-state index is 13.0. The Bertz CT molecular complexity index is 402. The van der Waals surface area contributed by atoms with E-state index in [1.165, 1.54) is 25.0 Å². The van der Waals surface area contributed by atoms with Crippen LogP contribution in [0.15, 0.2) is 18.2 Å². The molecule has 1 aliphatic carbocycles. The van der Waals surface area contributed by atoms with Crippen LogP contribution < -0.4 is 11.1 Å². The molecule has 0 aromatic heterocycles. The van der Waals surface area contributed by atoms with Crippen molar-refractivity contribution < 1.29 is 4.39 Å². The number of hydrogen-bond donors (Lipinski definition) is 2. The number of nitrogens with two attached hydrogens (primary N) is 1. The molecule has 2 nitrogen and oxygen atoms in total. The topological polar surface area (TPSA) is 38.0 Å². The van der Waals surface area contributed by atoms with Gasteiger partial charge in [0.2, 0.25) is 0 Å². The molecule has 0 unspecified atom stereocenters. The molecule has 0 atom stereocenters. The second-order valence-corrected chi connectivity index (χ2v) is 4.65.